The first-order chi connectivity index (χ1) is 14.9. The molecule has 2 amide bonds. The summed E-state index contributed by atoms with van der Waals surface area (Å²) >= 11 is 1.54. The zero-order valence-corrected chi connectivity index (χ0v) is 18.0. The van der Waals surface area contributed by atoms with Gasteiger partial charge in [-0.05, 0) is 30.7 Å². The third-order valence-electron chi connectivity index (χ3n) is 5.43. The molecule has 0 spiro atoms. The first-order valence-corrected chi connectivity index (χ1v) is 11.0. The van der Waals surface area contributed by atoms with E-state index in [-0.39, 0.29) is 18.2 Å². The Morgan fingerprint density at radius 3 is 2.87 bits per heavy atom. The van der Waals surface area contributed by atoms with Crippen LogP contribution in [-0.4, -0.2) is 44.5 Å². The van der Waals surface area contributed by atoms with E-state index in [1.165, 1.54) is 0 Å². The van der Waals surface area contributed by atoms with E-state index >= 15 is 0 Å². The molecule has 1 fully saturated rings. The second-order valence-corrected chi connectivity index (χ2v) is 8.57. The number of aromatic nitrogens is 2. The lowest BCUT2D eigenvalue weighted by Gasteiger charge is -2.18. The highest BCUT2D eigenvalue weighted by molar-refractivity contribution is 7.99. The lowest BCUT2D eigenvalue weighted by Crippen LogP contribution is -2.36. The Kier molecular flexibility index (Phi) is 5.65. The molecule has 1 unspecified atom stereocenters. The Hall–Kier alpha value is -3.38. The van der Waals surface area contributed by atoms with E-state index in [0.717, 1.165) is 17.0 Å². The Morgan fingerprint density at radius 2 is 2.19 bits per heavy atom. The van der Waals surface area contributed by atoms with Gasteiger partial charge >= 0.3 is 0 Å². The minimum absolute atomic E-state index is 0.00529. The number of aryl methyl sites for hydroxylation is 1. The highest BCUT2D eigenvalue weighted by Gasteiger charge is 2.29. The maximum Gasteiger partial charge on any atom is 0.249 e. The third-order valence-corrected chi connectivity index (χ3v) is 6.44. The molecule has 1 aliphatic heterocycles. The summed E-state index contributed by atoms with van der Waals surface area (Å²) in [6.07, 6.45) is 0.00529. The van der Waals surface area contributed by atoms with Crippen molar-refractivity contribution in [1.82, 2.24) is 15.0 Å². The second-order valence-electron chi connectivity index (χ2n) is 7.57. The van der Waals surface area contributed by atoms with Gasteiger partial charge < -0.3 is 15.2 Å². The standard InChI is InChI=1S/C22H21N5O3S/c1-12-5-20(26-30-12)13(2)14-3-4-19-17(6-14)18(22(24)29)7-15(25-19)8-21(28)27-11-31-10-16(27)9-23/h3-7,13,16H,8,10-11H2,1-2H3,(H2,24,29)/t13?,16-/m1/s1. The molecule has 158 valence electrons. The van der Waals surface area contributed by atoms with E-state index in [9.17, 15) is 14.9 Å². The van der Waals surface area contributed by atoms with E-state index in [1.54, 1.807) is 22.7 Å². The van der Waals surface area contributed by atoms with Gasteiger partial charge in [0.25, 0.3) is 0 Å². The Morgan fingerprint density at radius 1 is 1.39 bits per heavy atom. The van der Waals surface area contributed by atoms with Crippen LogP contribution in [0.5, 0.6) is 0 Å². The minimum Gasteiger partial charge on any atom is -0.366 e. The predicted octanol–water partition coefficient (Wildman–Crippen LogP) is 2.75. The molecule has 0 bridgehead atoms. The first-order valence-electron chi connectivity index (χ1n) is 9.80. The van der Waals surface area contributed by atoms with Crippen molar-refractivity contribution >= 4 is 34.5 Å². The molecule has 3 aromatic rings. The number of fused-ring (bicyclic) bond motifs is 1. The van der Waals surface area contributed by atoms with Crippen LogP contribution < -0.4 is 5.73 Å². The highest BCUT2D eigenvalue weighted by Crippen LogP contribution is 2.29. The summed E-state index contributed by atoms with van der Waals surface area (Å²) in [5.74, 6) is 0.994. The summed E-state index contributed by atoms with van der Waals surface area (Å²) in [5, 5.41) is 13.9. The average molecular weight is 436 g/mol. The molecule has 2 atom stereocenters. The van der Waals surface area contributed by atoms with Crippen molar-refractivity contribution < 1.29 is 14.1 Å². The number of amides is 2. The van der Waals surface area contributed by atoms with Gasteiger partial charge in [-0.1, -0.05) is 18.1 Å². The molecule has 1 aromatic carbocycles. The van der Waals surface area contributed by atoms with E-state index < -0.39 is 11.9 Å². The topological polar surface area (TPSA) is 126 Å². The molecular formula is C22H21N5O3S. The number of hydrogen-bond donors (Lipinski definition) is 1. The number of hydrogen-bond acceptors (Lipinski definition) is 7. The molecule has 3 heterocycles. The molecule has 2 N–H and O–H groups in total. The van der Waals surface area contributed by atoms with E-state index in [4.69, 9.17) is 10.3 Å². The van der Waals surface area contributed by atoms with Gasteiger partial charge in [0.1, 0.15) is 11.8 Å². The molecule has 31 heavy (non-hydrogen) atoms. The number of carbonyl (C=O) groups excluding carboxylic acids is 2. The summed E-state index contributed by atoms with van der Waals surface area (Å²) in [7, 11) is 0. The molecular weight excluding hydrogens is 414 g/mol. The molecule has 0 aliphatic carbocycles. The number of nitriles is 1. The zero-order chi connectivity index (χ0) is 22.1. The van der Waals surface area contributed by atoms with Crippen LogP contribution in [0, 0.1) is 18.3 Å². The van der Waals surface area contributed by atoms with Crippen LogP contribution in [0.2, 0.25) is 0 Å². The fourth-order valence-corrected chi connectivity index (χ4v) is 4.78. The number of nitrogens with two attached hydrogens (primary N) is 1. The van der Waals surface area contributed by atoms with E-state index in [1.807, 2.05) is 38.1 Å². The molecule has 0 radical (unpaired) electrons. The predicted molar refractivity (Wildman–Crippen MR) is 116 cm³/mol. The van der Waals surface area contributed by atoms with Crippen LogP contribution in [0.15, 0.2) is 34.9 Å². The molecule has 2 aromatic heterocycles. The van der Waals surface area contributed by atoms with Gasteiger partial charge in [-0.15, -0.1) is 11.8 Å². The van der Waals surface area contributed by atoms with Crippen molar-refractivity contribution in [2.75, 3.05) is 11.6 Å². The molecule has 4 rings (SSSR count). The van der Waals surface area contributed by atoms with Gasteiger partial charge in [-0.3, -0.25) is 14.6 Å². The van der Waals surface area contributed by atoms with Crippen molar-refractivity contribution in [3.63, 3.8) is 0 Å². The van der Waals surface area contributed by atoms with Crippen molar-refractivity contribution in [3.05, 3.63) is 58.6 Å². The lowest BCUT2D eigenvalue weighted by atomic mass is 9.94. The summed E-state index contributed by atoms with van der Waals surface area (Å²) in [4.78, 5) is 31.0. The molecule has 1 aliphatic rings. The number of rotatable bonds is 5. The zero-order valence-electron chi connectivity index (χ0n) is 17.2. The van der Waals surface area contributed by atoms with Gasteiger partial charge in [0.05, 0.1) is 40.8 Å². The van der Waals surface area contributed by atoms with Gasteiger partial charge in [0.2, 0.25) is 11.8 Å². The summed E-state index contributed by atoms with van der Waals surface area (Å²) < 4.78 is 5.17. The SMILES string of the molecule is Cc1cc(C(C)c2ccc3nc(CC(=O)N4CSC[C@H]4C#N)cc(C(N)=O)c3c2)no1. The highest BCUT2D eigenvalue weighted by atomic mass is 32.2. The fourth-order valence-electron chi connectivity index (χ4n) is 3.67. The van der Waals surface area contributed by atoms with Gasteiger partial charge in [0.15, 0.2) is 0 Å². The molecule has 8 nitrogen and oxygen atoms in total. The van der Waals surface area contributed by atoms with Crippen LogP contribution in [0.3, 0.4) is 0 Å². The summed E-state index contributed by atoms with van der Waals surface area (Å²) in [5.41, 5.74) is 8.73. The second kappa shape index (κ2) is 8.40. The number of pyridine rings is 1. The van der Waals surface area contributed by atoms with E-state index in [2.05, 4.69) is 16.2 Å². The Bertz CT molecular complexity index is 1220. The largest absolute Gasteiger partial charge is 0.366 e. The van der Waals surface area contributed by atoms with Crippen LogP contribution in [-0.2, 0) is 11.2 Å². The fraction of sp³-hybridized carbons (Fsp3) is 0.318. The smallest absolute Gasteiger partial charge is 0.249 e. The van der Waals surface area contributed by atoms with E-state index in [0.29, 0.717) is 33.8 Å². The van der Waals surface area contributed by atoms with Crippen molar-refractivity contribution in [1.29, 1.82) is 5.26 Å². The molecule has 9 heteroatoms. The minimum atomic E-state index is -0.588. The van der Waals surface area contributed by atoms with Crippen LogP contribution in [0.1, 0.15) is 45.9 Å². The van der Waals surface area contributed by atoms with Crippen molar-refractivity contribution in [3.8, 4) is 6.07 Å². The number of carbonyl (C=O) groups is 2. The van der Waals surface area contributed by atoms with Gasteiger partial charge in [0, 0.05) is 23.1 Å². The van der Waals surface area contributed by atoms with Crippen molar-refractivity contribution in [2.45, 2.75) is 32.2 Å². The Labute approximate surface area is 183 Å². The maximum absolute atomic E-state index is 12.7. The lowest BCUT2D eigenvalue weighted by molar-refractivity contribution is -0.130. The normalized spacial score (nSPS) is 16.9. The van der Waals surface area contributed by atoms with Crippen LogP contribution in [0.25, 0.3) is 10.9 Å². The number of primary amides is 1. The Balaban J connectivity index is 1.68. The van der Waals surface area contributed by atoms with Crippen LogP contribution in [0.4, 0.5) is 0 Å². The molecule has 0 saturated carbocycles. The third kappa shape index (κ3) is 4.11. The average Bonchev–Trinajstić information content (AvgIpc) is 3.41. The first kappa shape index (κ1) is 20.9. The van der Waals surface area contributed by atoms with Crippen LogP contribution >= 0.6 is 11.8 Å². The summed E-state index contributed by atoms with van der Waals surface area (Å²) in [6.45, 7) is 3.84. The molecule has 1 saturated heterocycles. The van der Waals surface area contributed by atoms with Gasteiger partial charge in [-0.25, -0.2) is 0 Å². The summed E-state index contributed by atoms with van der Waals surface area (Å²) in [6, 6.07) is 10.8. The van der Waals surface area contributed by atoms with Gasteiger partial charge in [-0.2, -0.15) is 5.26 Å². The van der Waals surface area contributed by atoms with Crippen molar-refractivity contribution in [2.24, 2.45) is 5.73 Å². The quantitative estimate of drug-likeness (QED) is 0.653. The maximum atomic E-state index is 12.7. The number of nitrogens with zero attached hydrogens (tertiary/aromatic N) is 4. The number of benzene rings is 1. The number of thioether (sulfide) groups is 1. The monoisotopic (exact) mass is 435 g/mol.